The number of piperidine rings is 2. The SMILES string of the molecule is NCCCCCC(=O)N1CCC[C@]2(CCC(=O)N(Cc3ccccc3)C2)C1. The minimum atomic E-state index is 0.0772. The van der Waals surface area contributed by atoms with Gasteiger partial charge in [-0.05, 0) is 44.2 Å². The summed E-state index contributed by atoms with van der Waals surface area (Å²) in [6.07, 6.45) is 7.25. The van der Waals surface area contributed by atoms with E-state index in [4.69, 9.17) is 5.73 Å². The highest BCUT2D eigenvalue weighted by molar-refractivity contribution is 5.78. The Bertz CT molecular complexity index is 634. The van der Waals surface area contributed by atoms with Gasteiger partial charge in [0.05, 0.1) is 0 Å². The lowest BCUT2D eigenvalue weighted by Gasteiger charge is -2.48. The summed E-state index contributed by atoms with van der Waals surface area (Å²) in [5, 5.41) is 0. The Balaban J connectivity index is 1.59. The van der Waals surface area contributed by atoms with Crippen LogP contribution in [0.2, 0.25) is 0 Å². The molecule has 0 unspecified atom stereocenters. The molecule has 2 N–H and O–H groups in total. The van der Waals surface area contributed by atoms with Crippen LogP contribution in [-0.2, 0) is 16.1 Å². The predicted octanol–water partition coefficient (Wildman–Crippen LogP) is 2.94. The molecule has 1 aromatic rings. The van der Waals surface area contributed by atoms with Gasteiger partial charge >= 0.3 is 0 Å². The number of amides is 2. The molecule has 1 spiro atoms. The number of likely N-dealkylation sites (tertiary alicyclic amines) is 2. The molecule has 0 bridgehead atoms. The van der Waals surface area contributed by atoms with Crippen molar-refractivity contribution in [1.82, 2.24) is 9.80 Å². The Morgan fingerprint density at radius 1 is 1.07 bits per heavy atom. The number of nitrogens with two attached hydrogens (primary N) is 1. The van der Waals surface area contributed by atoms with Gasteiger partial charge in [-0.3, -0.25) is 9.59 Å². The molecule has 0 aromatic heterocycles. The van der Waals surface area contributed by atoms with Crippen LogP contribution in [0.3, 0.4) is 0 Å². The molecule has 0 aliphatic carbocycles. The summed E-state index contributed by atoms with van der Waals surface area (Å²) < 4.78 is 0. The molecular weight excluding hydrogens is 338 g/mol. The van der Waals surface area contributed by atoms with Crippen LogP contribution in [0.15, 0.2) is 30.3 Å². The Kier molecular flexibility index (Phi) is 6.89. The normalized spacial score (nSPS) is 23.1. The molecule has 1 aromatic carbocycles. The predicted molar refractivity (Wildman–Crippen MR) is 107 cm³/mol. The molecule has 2 aliphatic rings. The average molecular weight is 372 g/mol. The fourth-order valence-corrected chi connectivity index (χ4v) is 4.56. The lowest BCUT2D eigenvalue weighted by molar-refractivity contribution is -0.143. The summed E-state index contributed by atoms with van der Waals surface area (Å²) in [4.78, 5) is 29.2. The molecule has 2 aliphatic heterocycles. The fraction of sp³-hybridized carbons (Fsp3) is 0.636. The molecule has 1 atom stereocenters. The second kappa shape index (κ2) is 9.36. The van der Waals surface area contributed by atoms with Crippen molar-refractivity contribution in [2.24, 2.45) is 11.1 Å². The fourth-order valence-electron chi connectivity index (χ4n) is 4.56. The van der Waals surface area contributed by atoms with E-state index in [2.05, 4.69) is 17.0 Å². The molecule has 27 heavy (non-hydrogen) atoms. The first-order chi connectivity index (χ1) is 13.1. The van der Waals surface area contributed by atoms with Crippen molar-refractivity contribution in [2.75, 3.05) is 26.2 Å². The zero-order valence-electron chi connectivity index (χ0n) is 16.4. The van der Waals surface area contributed by atoms with E-state index in [-0.39, 0.29) is 17.2 Å². The van der Waals surface area contributed by atoms with Crippen LogP contribution in [0, 0.1) is 5.41 Å². The topological polar surface area (TPSA) is 66.6 Å². The molecule has 148 valence electrons. The molecule has 5 heteroatoms. The highest BCUT2D eigenvalue weighted by Crippen LogP contribution is 2.39. The van der Waals surface area contributed by atoms with Gasteiger partial charge in [-0.15, -0.1) is 0 Å². The highest BCUT2D eigenvalue weighted by Gasteiger charge is 2.42. The first-order valence-corrected chi connectivity index (χ1v) is 10.4. The van der Waals surface area contributed by atoms with Crippen LogP contribution >= 0.6 is 0 Å². The second-order valence-electron chi connectivity index (χ2n) is 8.25. The maximum Gasteiger partial charge on any atom is 0.222 e. The smallest absolute Gasteiger partial charge is 0.222 e. The summed E-state index contributed by atoms with van der Waals surface area (Å²) in [5.74, 6) is 0.521. The average Bonchev–Trinajstić information content (AvgIpc) is 2.69. The Morgan fingerprint density at radius 3 is 2.67 bits per heavy atom. The van der Waals surface area contributed by atoms with Crippen LogP contribution < -0.4 is 5.73 Å². The molecule has 0 saturated carbocycles. The van der Waals surface area contributed by atoms with E-state index in [9.17, 15) is 9.59 Å². The van der Waals surface area contributed by atoms with Crippen LogP contribution in [0.4, 0.5) is 0 Å². The Labute approximate surface area is 162 Å². The molecule has 2 heterocycles. The lowest BCUT2D eigenvalue weighted by Crippen LogP contribution is -2.54. The number of hydrogen-bond acceptors (Lipinski definition) is 3. The van der Waals surface area contributed by atoms with Gasteiger partial charge in [-0.1, -0.05) is 36.8 Å². The largest absolute Gasteiger partial charge is 0.342 e. The molecule has 2 saturated heterocycles. The molecule has 2 fully saturated rings. The van der Waals surface area contributed by atoms with Gasteiger partial charge in [-0.2, -0.15) is 0 Å². The van der Waals surface area contributed by atoms with E-state index in [1.165, 1.54) is 5.56 Å². The quantitative estimate of drug-likeness (QED) is 0.750. The van der Waals surface area contributed by atoms with Crippen LogP contribution in [0.25, 0.3) is 0 Å². The van der Waals surface area contributed by atoms with Crippen molar-refractivity contribution in [3.8, 4) is 0 Å². The van der Waals surface area contributed by atoms with Crippen LogP contribution in [0.1, 0.15) is 56.9 Å². The maximum absolute atomic E-state index is 12.6. The zero-order chi connectivity index (χ0) is 19.1. The van der Waals surface area contributed by atoms with Crippen molar-refractivity contribution in [3.63, 3.8) is 0 Å². The van der Waals surface area contributed by atoms with Crippen LogP contribution in [-0.4, -0.2) is 47.8 Å². The number of rotatable bonds is 7. The van der Waals surface area contributed by atoms with E-state index < -0.39 is 0 Å². The maximum atomic E-state index is 12.6. The van der Waals surface area contributed by atoms with E-state index >= 15 is 0 Å². The summed E-state index contributed by atoms with van der Waals surface area (Å²) in [6, 6.07) is 10.2. The van der Waals surface area contributed by atoms with Crippen molar-refractivity contribution in [2.45, 2.75) is 57.9 Å². The minimum Gasteiger partial charge on any atom is -0.342 e. The molecule has 2 amide bonds. The van der Waals surface area contributed by atoms with E-state index in [1.807, 2.05) is 23.1 Å². The number of carbonyl (C=O) groups is 2. The second-order valence-corrected chi connectivity index (χ2v) is 8.25. The first kappa shape index (κ1) is 19.9. The minimum absolute atomic E-state index is 0.0772. The van der Waals surface area contributed by atoms with Crippen molar-refractivity contribution in [3.05, 3.63) is 35.9 Å². The third-order valence-corrected chi connectivity index (χ3v) is 6.07. The third-order valence-electron chi connectivity index (χ3n) is 6.07. The summed E-state index contributed by atoms with van der Waals surface area (Å²) in [5.41, 5.74) is 6.78. The van der Waals surface area contributed by atoms with Gasteiger partial charge in [0.2, 0.25) is 11.8 Å². The molecular formula is C22H33N3O2. The van der Waals surface area contributed by atoms with E-state index in [0.29, 0.717) is 25.9 Å². The Hall–Kier alpha value is -1.88. The number of benzene rings is 1. The van der Waals surface area contributed by atoms with Crippen molar-refractivity contribution < 1.29 is 9.59 Å². The molecule has 5 nitrogen and oxygen atoms in total. The van der Waals surface area contributed by atoms with Crippen molar-refractivity contribution >= 4 is 11.8 Å². The molecule has 0 radical (unpaired) electrons. The van der Waals surface area contributed by atoms with Gasteiger partial charge in [0.25, 0.3) is 0 Å². The van der Waals surface area contributed by atoms with Crippen LogP contribution in [0.5, 0.6) is 0 Å². The van der Waals surface area contributed by atoms with E-state index in [1.54, 1.807) is 0 Å². The number of nitrogens with zero attached hydrogens (tertiary/aromatic N) is 2. The number of unbranched alkanes of at least 4 members (excludes halogenated alkanes) is 2. The summed E-state index contributed by atoms with van der Waals surface area (Å²) in [7, 11) is 0. The third kappa shape index (κ3) is 5.32. The number of hydrogen-bond donors (Lipinski definition) is 1. The van der Waals surface area contributed by atoms with Gasteiger partial charge < -0.3 is 15.5 Å². The lowest BCUT2D eigenvalue weighted by atomic mass is 9.73. The van der Waals surface area contributed by atoms with Gasteiger partial charge in [0.1, 0.15) is 0 Å². The van der Waals surface area contributed by atoms with E-state index in [0.717, 1.165) is 58.2 Å². The van der Waals surface area contributed by atoms with Gasteiger partial charge in [0, 0.05) is 44.4 Å². The zero-order valence-corrected chi connectivity index (χ0v) is 16.4. The Morgan fingerprint density at radius 2 is 1.89 bits per heavy atom. The highest BCUT2D eigenvalue weighted by atomic mass is 16.2. The van der Waals surface area contributed by atoms with Gasteiger partial charge in [-0.25, -0.2) is 0 Å². The molecule has 3 rings (SSSR count). The van der Waals surface area contributed by atoms with Crippen molar-refractivity contribution in [1.29, 1.82) is 0 Å². The standard InChI is InChI=1S/C22H33N3O2/c23-14-6-2-5-10-20(26)24-15-7-12-22(17-24)13-11-21(27)25(18-22)16-19-8-3-1-4-9-19/h1,3-4,8-9H,2,5-7,10-18,23H2/t22-/m0/s1. The summed E-state index contributed by atoms with van der Waals surface area (Å²) in [6.45, 7) is 3.82. The number of carbonyl (C=O) groups excluding carboxylic acids is 2. The summed E-state index contributed by atoms with van der Waals surface area (Å²) >= 11 is 0. The monoisotopic (exact) mass is 371 g/mol. The first-order valence-electron chi connectivity index (χ1n) is 10.4. The van der Waals surface area contributed by atoms with Gasteiger partial charge in [0.15, 0.2) is 0 Å².